The van der Waals surface area contributed by atoms with Gasteiger partial charge in [-0.25, -0.2) is 4.98 Å². The molecule has 0 spiro atoms. The summed E-state index contributed by atoms with van der Waals surface area (Å²) in [6, 6.07) is 15.0. The molecule has 0 aliphatic heterocycles. The highest BCUT2D eigenvalue weighted by atomic mass is 32.1. The number of carbonyl (C=O) groups excluding carboxylic acids is 1. The number of nitrogens with zero attached hydrogens (tertiary/aromatic N) is 1. The third-order valence-electron chi connectivity index (χ3n) is 3.50. The fraction of sp³-hybridized carbons (Fsp3) is 0.158. The van der Waals surface area contributed by atoms with Gasteiger partial charge in [0, 0.05) is 16.5 Å². The monoisotopic (exact) mass is 339 g/mol. The molecule has 3 aromatic rings. The molecule has 0 aliphatic carbocycles. The van der Waals surface area contributed by atoms with E-state index in [4.69, 9.17) is 9.47 Å². The Hall–Kier alpha value is -2.66. The molecule has 0 unspecified atom stereocenters. The van der Waals surface area contributed by atoms with Crippen molar-refractivity contribution in [1.82, 2.24) is 4.98 Å². The number of carbonyl (C=O) groups is 1. The van der Waals surface area contributed by atoms with Crippen molar-refractivity contribution in [2.45, 2.75) is 13.5 Å². The van der Waals surface area contributed by atoms with Crippen LogP contribution in [0.2, 0.25) is 0 Å². The summed E-state index contributed by atoms with van der Waals surface area (Å²) in [6.45, 7) is 1.90. The highest BCUT2D eigenvalue weighted by molar-refractivity contribution is 7.13. The van der Waals surface area contributed by atoms with E-state index in [1.54, 1.807) is 37.5 Å². The number of benzene rings is 2. The molecule has 122 valence electrons. The summed E-state index contributed by atoms with van der Waals surface area (Å²) in [5.41, 5.74) is 2.51. The van der Waals surface area contributed by atoms with E-state index in [1.165, 1.54) is 0 Å². The highest BCUT2D eigenvalue weighted by Crippen LogP contribution is 2.27. The SMILES string of the molecule is COc1cccc(-c2nc(COc3cccc(C(C)=O)c3)cs2)c1. The van der Waals surface area contributed by atoms with E-state index in [-0.39, 0.29) is 5.78 Å². The number of aromatic nitrogens is 1. The maximum Gasteiger partial charge on any atom is 0.159 e. The van der Waals surface area contributed by atoms with Crippen LogP contribution in [0.5, 0.6) is 11.5 Å². The summed E-state index contributed by atoms with van der Waals surface area (Å²) >= 11 is 1.56. The van der Waals surface area contributed by atoms with Crippen LogP contribution >= 0.6 is 11.3 Å². The summed E-state index contributed by atoms with van der Waals surface area (Å²) in [5, 5.41) is 2.90. The molecule has 2 aromatic carbocycles. The quantitative estimate of drug-likeness (QED) is 0.616. The number of rotatable bonds is 6. The van der Waals surface area contributed by atoms with Gasteiger partial charge < -0.3 is 9.47 Å². The lowest BCUT2D eigenvalue weighted by Gasteiger charge is -2.05. The number of hydrogen-bond acceptors (Lipinski definition) is 5. The second-order valence-corrected chi connectivity index (χ2v) is 6.11. The van der Waals surface area contributed by atoms with Gasteiger partial charge in [-0.3, -0.25) is 4.79 Å². The van der Waals surface area contributed by atoms with Crippen LogP contribution in [0.3, 0.4) is 0 Å². The van der Waals surface area contributed by atoms with Crippen molar-refractivity contribution < 1.29 is 14.3 Å². The smallest absolute Gasteiger partial charge is 0.159 e. The van der Waals surface area contributed by atoms with Crippen molar-refractivity contribution in [3.63, 3.8) is 0 Å². The number of Topliss-reactive ketones (excluding diaryl/α,β-unsaturated/α-hetero) is 1. The molecule has 0 atom stereocenters. The highest BCUT2D eigenvalue weighted by Gasteiger charge is 2.07. The molecule has 0 aliphatic rings. The van der Waals surface area contributed by atoms with Crippen LogP contribution in [0.15, 0.2) is 53.9 Å². The molecule has 1 heterocycles. The maximum absolute atomic E-state index is 11.4. The predicted molar refractivity (Wildman–Crippen MR) is 94.9 cm³/mol. The van der Waals surface area contributed by atoms with Crippen LogP contribution in [0.4, 0.5) is 0 Å². The van der Waals surface area contributed by atoms with Gasteiger partial charge in [-0.1, -0.05) is 24.3 Å². The van der Waals surface area contributed by atoms with Crippen molar-refractivity contribution >= 4 is 17.1 Å². The summed E-state index contributed by atoms with van der Waals surface area (Å²) in [7, 11) is 1.65. The van der Waals surface area contributed by atoms with Gasteiger partial charge in [-0.15, -0.1) is 11.3 Å². The fourth-order valence-corrected chi connectivity index (χ4v) is 3.03. The van der Waals surface area contributed by atoms with Crippen LogP contribution in [0.1, 0.15) is 23.0 Å². The first-order valence-corrected chi connectivity index (χ1v) is 8.36. The summed E-state index contributed by atoms with van der Waals surface area (Å²) in [4.78, 5) is 16.0. The fourth-order valence-electron chi connectivity index (χ4n) is 2.22. The Bertz CT molecular complexity index is 857. The number of thiazole rings is 1. The number of methoxy groups -OCH3 is 1. The minimum absolute atomic E-state index is 0.0226. The zero-order valence-corrected chi connectivity index (χ0v) is 14.3. The molecular formula is C19H17NO3S. The normalized spacial score (nSPS) is 10.4. The molecule has 0 bridgehead atoms. The van der Waals surface area contributed by atoms with Crippen molar-refractivity contribution in [3.05, 3.63) is 65.2 Å². The maximum atomic E-state index is 11.4. The van der Waals surface area contributed by atoms with Crippen LogP contribution in [-0.2, 0) is 6.61 Å². The first-order valence-electron chi connectivity index (χ1n) is 7.48. The van der Waals surface area contributed by atoms with Gasteiger partial charge in [0.25, 0.3) is 0 Å². The molecule has 5 heteroatoms. The molecule has 0 saturated heterocycles. The van der Waals surface area contributed by atoms with Crippen LogP contribution in [-0.4, -0.2) is 17.9 Å². The summed E-state index contributed by atoms with van der Waals surface area (Å²) in [5.74, 6) is 1.49. The Morgan fingerprint density at radius 1 is 1.12 bits per heavy atom. The average molecular weight is 339 g/mol. The molecule has 0 radical (unpaired) electrons. The van der Waals surface area contributed by atoms with Gasteiger partial charge in [0.1, 0.15) is 23.1 Å². The molecule has 3 rings (SSSR count). The molecule has 0 N–H and O–H groups in total. The topological polar surface area (TPSA) is 48.4 Å². The first-order chi connectivity index (χ1) is 11.7. The predicted octanol–water partition coefficient (Wildman–Crippen LogP) is 4.60. The molecule has 1 aromatic heterocycles. The van der Waals surface area contributed by atoms with Gasteiger partial charge in [-0.2, -0.15) is 0 Å². The lowest BCUT2D eigenvalue weighted by molar-refractivity contribution is 0.101. The lowest BCUT2D eigenvalue weighted by Crippen LogP contribution is -1.98. The van der Waals surface area contributed by atoms with Crippen molar-refractivity contribution in [3.8, 4) is 22.1 Å². The van der Waals surface area contributed by atoms with E-state index in [9.17, 15) is 4.79 Å². The van der Waals surface area contributed by atoms with E-state index in [1.807, 2.05) is 41.8 Å². The third kappa shape index (κ3) is 3.81. The molecule has 24 heavy (non-hydrogen) atoms. The van der Waals surface area contributed by atoms with Crippen LogP contribution in [0, 0.1) is 0 Å². The Kier molecular flexibility index (Phi) is 4.91. The van der Waals surface area contributed by atoms with Crippen molar-refractivity contribution in [1.29, 1.82) is 0 Å². The van der Waals surface area contributed by atoms with Crippen LogP contribution in [0.25, 0.3) is 10.6 Å². The zero-order valence-electron chi connectivity index (χ0n) is 13.5. The zero-order chi connectivity index (χ0) is 16.9. The molecular weight excluding hydrogens is 322 g/mol. The minimum atomic E-state index is 0.0226. The summed E-state index contributed by atoms with van der Waals surface area (Å²) < 4.78 is 11.0. The van der Waals surface area contributed by atoms with Gasteiger partial charge >= 0.3 is 0 Å². The number of hydrogen-bond donors (Lipinski definition) is 0. The Morgan fingerprint density at radius 2 is 1.92 bits per heavy atom. The van der Waals surface area contributed by atoms with Crippen LogP contribution < -0.4 is 9.47 Å². The second kappa shape index (κ2) is 7.27. The van der Waals surface area contributed by atoms with E-state index in [0.29, 0.717) is 17.9 Å². The van der Waals surface area contributed by atoms with E-state index in [0.717, 1.165) is 22.0 Å². The Morgan fingerprint density at radius 3 is 2.71 bits per heavy atom. The molecule has 0 amide bonds. The van der Waals surface area contributed by atoms with Crippen molar-refractivity contribution in [2.24, 2.45) is 0 Å². The molecule has 4 nitrogen and oxygen atoms in total. The van der Waals surface area contributed by atoms with Gasteiger partial charge in [0.15, 0.2) is 5.78 Å². The number of ketones is 1. The minimum Gasteiger partial charge on any atom is -0.497 e. The Labute approximate surface area is 144 Å². The number of ether oxygens (including phenoxy) is 2. The third-order valence-corrected chi connectivity index (χ3v) is 4.44. The molecule has 0 fully saturated rings. The second-order valence-electron chi connectivity index (χ2n) is 5.25. The van der Waals surface area contributed by atoms with E-state index in [2.05, 4.69) is 4.98 Å². The molecule has 0 saturated carbocycles. The standard InChI is InChI=1S/C19H17NO3S/c1-13(21)14-5-3-8-18(9-14)23-11-16-12-24-19(20-16)15-6-4-7-17(10-15)22-2/h3-10,12H,11H2,1-2H3. The van der Waals surface area contributed by atoms with E-state index < -0.39 is 0 Å². The first kappa shape index (κ1) is 16.2. The van der Waals surface area contributed by atoms with Gasteiger partial charge in [-0.05, 0) is 31.2 Å². The van der Waals surface area contributed by atoms with Gasteiger partial charge in [0.05, 0.1) is 12.8 Å². The lowest BCUT2D eigenvalue weighted by atomic mass is 10.1. The summed E-state index contributed by atoms with van der Waals surface area (Å²) in [6.07, 6.45) is 0. The van der Waals surface area contributed by atoms with Gasteiger partial charge in [0.2, 0.25) is 0 Å². The Balaban J connectivity index is 1.70. The van der Waals surface area contributed by atoms with E-state index >= 15 is 0 Å². The van der Waals surface area contributed by atoms with Crippen molar-refractivity contribution in [2.75, 3.05) is 7.11 Å². The average Bonchev–Trinajstić information content (AvgIpc) is 3.09. The largest absolute Gasteiger partial charge is 0.497 e.